The van der Waals surface area contributed by atoms with Crippen molar-refractivity contribution in [3.05, 3.63) is 76.0 Å². The molecule has 0 saturated carbocycles. The van der Waals surface area contributed by atoms with Crippen LogP contribution in [0.3, 0.4) is 0 Å². The molecule has 6 heteroatoms. The number of halogens is 1. The molecule has 1 N–H and O–H groups in total. The second kappa shape index (κ2) is 7.84. The van der Waals surface area contributed by atoms with E-state index in [-0.39, 0.29) is 17.6 Å². The fourth-order valence-corrected chi connectivity index (χ4v) is 4.43. The first kappa shape index (κ1) is 20.5. The zero-order valence-corrected chi connectivity index (χ0v) is 18.0. The largest absolute Gasteiger partial charge is 0.329 e. The zero-order chi connectivity index (χ0) is 21.5. The molecule has 0 amide bonds. The number of pyridine rings is 1. The van der Waals surface area contributed by atoms with Crippen molar-refractivity contribution in [2.45, 2.75) is 58.4 Å². The molecule has 30 heavy (non-hydrogen) atoms. The molecule has 1 aliphatic heterocycles. The molecule has 1 aromatic carbocycles. The maximum Gasteiger partial charge on any atom is 0.247 e. The van der Waals surface area contributed by atoms with Gasteiger partial charge >= 0.3 is 0 Å². The van der Waals surface area contributed by atoms with Crippen molar-refractivity contribution in [3.8, 4) is 11.1 Å². The van der Waals surface area contributed by atoms with E-state index >= 15 is 0 Å². The number of hydrogen-bond acceptors (Lipinski definition) is 3. The van der Waals surface area contributed by atoms with Crippen LogP contribution in [0, 0.1) is 0 Å². The van der Waals surface area contributed by atoms with Gasteiger partial charge in [-0.1, -0.05) is 24.3 Å². The number of aryl methyl sites for hydroxylation is 1. The highest BCUT2D eigenvalue weighted by molar-refractivity contribution is 5.64. The lowest BCUT2D eigenvalue weighted by atomic mass is 9.83. The van der Waals surface area contributed by atoms with Crippen LogP contribution in [-0.2, 0) is 13.0 Å². The van der Waals surface area contributed by atoms with E-state index in [4.69, 9.17) is 0 Å². The first-order valence-corrected chi connectivity index (χ1v) is 10.5. The van der Waals surface area contributed by atoms with Crippen LogP contribution in [0.15, 0.2) is 53.7 Å². The summed E-state index contributed by atoms with van der Waals surface area (Å²) >= 11 is 0. The first-order chi connectivity index (χ1) is 14.2. The number of aromatic nitrogens is 3. The Kier molecular flexibility index (Phi) is 5.36. The number of rotatable bonds is 5. The molecule has 5 nitrogen and oxygen atoms in total. The Labute approximate surface area is 176 Å². The Balaban J connectivity index is 1.80. The number of benzene rings is 1. The molecule has 0 bridgehead atoms. The van der Waals surface area contributed by atoms with E-state index in [1.165, 1.54) is 5.56 Å². The summed E-state index contributed by atoms with van der Waals surface area (Å²) in [4.78, 5) is 16.6. The minimum Gasteiger partial charge on any atom is -0.329 e. The maximum atomic E-state index is 14.7. The molecule has 0 fully saturated rings. The third-order valence-electron chi connectivity index (χ3n) is 5.82. The average molecular weight is 409 g/mol. The highest BCUT2D eigenvalue weighted by Gasteiger charge is 2.36. The van der Waals surface area contributed by atoms with Crippen LogP contribution < -0.4 is 5.56 Å². The Morgan fingerprint density at radius 1 is 1.23 bits per heavy atom. The number of aromatic amines is 1. The van der Waals surface area contributed by atoms with E-state index < -0.39 is 5.67 Å². The van der Waals surface area contributed by atoms with Gasteiger partial charge in [-0.2, -0.15) is 5.10 Å². The third kappa shape index (κ3) is 4.10. The normalized spacial score (nSPS) is 19.6. The summed E-state index contributed by atoms with van der Waals surface area (Å²) in [5.74, 6) is 0. The first-order valence-electron chi connectivity index (χ1n) is 10.5. The molecule has 3 aromatic rings. The van der Waals surface area contributed by atoms with Gasteiger partial charge in [-0.05, 0) is 56.4 Å². The minimum absolute atomic E-state index is 0.108. The molecule has 0 unspecified atom stereocenters. The molecule has 0 saturated heterocycles. The van der Waals surface area contributed by atoms with Crippen molar-refractivity contribution < 1.29 is 4.39 Å². The Morgan fingerprint density at radius 3 is 2.67 bits per heavy atom. The van der Waals surface area contributed by atoms with Crippen LogP contribution in [0.4, 0.5) is 4.39 Å². The van der Waals surface area contributed by atoms with Crippen LogP contribution in [0.25, 0.3) is 11.1 Å². The summed E-state index contributed by atoms with van der Waals surface area (Å²) in [7, 11) is 0. The van der Waals surface area contributed by atoms with E-state index in [1.807, 2.05) is 16.9 Å². The van der Waals surface area contributed by atoms with Gasteiger partial charge in [-0.3, -0.25) is 14.4 Å². The Hall–Kier alpha value is -2.73. The predicted octanol–water partition coefficient (Wildman–Crippen LogP) is 4.34. The van der Waals surface area contributed by atoms with E-state index in [1.54, 1.807) is 26.1 Å². The van der Waals surface area contributed by atoms with Gasteiger partial charge in [-0.25, -0.2) is 4.39 Å². The number of H-pyrrole nitrogens is 1. The molecule has 158 valence electrons. The number of nitrogens with one attached hydrogen (secondary N) is 1. The molecular weight excluding hydrogens is 379 g/mol. The van der Waals surface area contributed by atoms with E-state index in [2.05, 4.69) is 53.2 Å². The second-order valence-electron chi connectivity index (χ2n) is 8.83. The van der Waals surface area contributed by atoms with E-state index in [9.17, 15) is 9.18 Å². The maximum absolute atomic E-state index is 14.7. The fourth-order valence-electron chi connectivity index (χ4n) is 4.43. The van der Waals surface area contributed by atoms with Crippen molar-refractivity contribution in [3.63, 3.8) is 0 Å². The van der Waals surface area contributed by atoms with Crippen molar-refractivity contribution in [2.24, 2.45) is 0 Å². The van der Waals surface area contributed by atoms with Crippen molar-refractivity contribution in [1.82, 2.24) is 19.7 Å². The molecule has 0 aliphatic carbocycles. The van der Waals surface area contributed by atoms with E-state index in [0.29, 0.717) is 6.54 Å². The van der Waals surface area contributed by atoms with Crippen molar-refractivity contribution in [2.75, 3.05) is 6.54 Å². The molecule has 1 aliphatic rings. The lowest BCUT2D eigenvalue weighted by Crippen LogP contribution is -2.47. The summed E-state index contributed by atoms with van der Waals surface area (Å²) in [5, 5.41) is 4.39. The van der Waals surface area contributed by atoms with E-state index in [0.717, 1.165) is 35.2 Å². The van der Waals surface area contributed by atoms with Gasteiger partial charge in [0.15, 0.2) is 0 Å². The Morgan fingerprint density at radius 2 is 2.03 bits per heavy atom. The summed E-state index contributed by atoms with van der Waals surface area (Å²) in [6, 6.07) is 9.95. The van der Waals surface area contributed by atoms with Crippen molar-refractivity contribution in [1.29, 1.82) is 0 Å². The molecule has 2 aromatic heterocycles. The monoisotopic (exact) mass is 408 g/mol. The smallest absolute Gasteiger partial charge is 0.247 e. The standard InChI is InChI=1S/C24H29FN4O/c1-5-28-14-20(13-27-28)17-6-8-21-19(11-17)10-16(2)29(15-24(3,4)25)23(21)18-7-9-22(30)26-12-18/h6-9,11-14,16,23H,5,10,15H2,1-4H3,(H,26,30)/t16-,23-/m1/s1. The van der Waals surface area contributed by atoms with Crippen LogP contribution in [-0.4, -0.2) is 37.9 Å². The van der Waals surface area contributed by atoms with Crippen LogP contribution in [0.2, 0.25) is 0 Å². The lowest BCUT2D eigenvalue weighted by molar-refractivity contribution is 0.0676. The molecule has 0 radical (unpaired) electrons. The van der Waals surface area contributed by atoms with Gasteiger partial charge in [-0.15, -0.1) is 0 Å². The topological polar surface area (TPSA) is 53.9 Å². The minimum atomic E-state index is -1.32. The van der Waals surface area contributed by atoms with Crippen molar-refractivity contribution >= 4 is 0 Å². The van der Waals surface area contributed by atoms with Gasteiger partial charge in [0.25, 0.3) is 0 Å². The van der Waals surface area contributed by atoms with Crippen LogP contribution in [0.5, 0.6) is 0 Å². The lowest BCUT2D eigenvalue weighted by Gasteiger charge is -2.44. The number of fused-ring (bicyclic) bond motifs is 1. The molecule has 0 spiro atoms. The van der Waals surface area contributed by atoms with Gasteiger partial charge in [0.05, 0.1) is 12.2 Å². The van der Waals surface area contributed by atoms with Gasteiger partial charge in [0.2, 0.25) is 5.56 Å². The van der Waals surface area contributed by atoms with Gasteiger partial charge in [0.1, 0.15) is 5.67 Å². The summed E-state index contributed by atoms with van der Waals surface area (Å²) in [6.07, 6.45) is 6.56. The molecule has 4 rings (SSSR count). The summed E-state index contributed by atoms with van der Waals surface area (Å²) in [5.41, 5.74) is 4.17. The van der Waals surface area contributed by atoms with Crippen LogP contribution >= 0.6 is 0 Å². The zero-order valence-electron chi connectivity index (χ0n) is 18.0. The molecule has 3 heterocycles. The number of nitrogens with zero attached hydrogens (tertiary/aromatic N) is 3. The number of alkyl halides is 1. The summed E-state index contributed by atoms with van der Waals surface area (Å²) in [6.45, 7) is 8.62. The van der Waals surface area contributed by atoms with Gasteiger partial charge in [0, 0.05) is 43.2 Å². The van der Waals surface area contributed by atoms with Gasteiger partial charge < -0.3 is 4.98 Å². The Bertz CT molecular complexity index is 1070. The molecular formula is C24H29FN4O. The fraction of sp³-hybridized carbons (Fsp3) is 0.417. The second-order valence-corrected chi connectivity index (χ2v) is 8.83. The highest BCUT2D eigenvalue weighted by atomic mass is 19.1. The van der Waals surface area contributed by atoms with Crippen LogP contribution in [0.1, 0.15) is 50.4 Å². The third-order valence-corrected chi connectivity index (χ3v) is 5.82. The SMILES string of the molecule is CCn1cc(-c2ccc3c(c2)C[C@@H](C)N(CC(C)(C)F)[C@@H]3c2ccc(=O)[nH]c2)cn1. The number of hydrogen-bond donors (Lipinski definition) is 1. The average Bonchev–Trinajstić information content (AvgIpc) is 3.17. The molecule has 2 atom stereocenters. The summed E-state index contributed by atoms with van der Waals surface area (Å²) < 4.78 is 16.6. The highest BCUT2D eigenvalue weighted by Crippen LogP contribution is 2.40. The predicted molar refractivity (Wildman–Crippen MR) is 117 cm³/mol. The quantitative estimate of drug-likeness (QED) is 0.683.